The van der Waals surface area contributed by atoms with Gasteiger partial charge in [-0.15, -0.1) is 0 Å². The fourth-order valence-electron chi connectivity index (χ4n) is 4.36. The van der Waals surface area contributed by atoms with Crippen LogP contribution in [0.1, 0.15) is 34.6 Å². The van der Waals surface area contributed by atoms with Crippen LogP contribution < -0.4 is 19.7 Å². The van der Waals surface area contributed by atoms with E-state index in [2.05, 4.69) is 75.2 Å². The molecule has 0 saturated heterocycles. The molecule has 0 bridgehead atoms. The van der Waals surface area contributed by atoms with Gasteiger partial charge in [0.05, 0.1) is 56.5 Å². The van der Waals surface area contributed by atoms with Crippen molar-refractivity contribution in [2.45, 2.75) is 65.3 Å². The van der Waals surface area contributed by atoms with E-state index in [9.17, 15) is 0 Å². The van der Waals surface area contributed by atoms with E-state index in [4.69, 9.17) is 23.9 Å². The SMILES string of the molecule is COc1cc(OC)cc(N(CCNC(C)C)c2ccc3ncc(-c4cnn(CCO[Si](C)(C)C(C)(C)C)c4)nc3c2)c1. The molecule has 0 fully saturated rings. The maximum Gasteiger partial charge on any atom is 0.192 e. The van der Waals surface area contributed by atoms with Crippen LogP contribution in [0.2, 0.25) is 18.1 Å². The summed E-state index contributed by atoms with van der Waals surface area (Å²) in [6, 6.07) is 12.5. The van der Waals surface area contributed by atoms with Crippen molar-refractivity contribution >= 4 is 30.7 Å². The third-order valence-corrected chi connectivity index (χ3v) is 12.4. The molecule has 226 valence electrons. The number of benzene rings is 2. The lowest BCUT2D eigenvalue weighted by Gasteiger charge is -2.36. The van der Waals surface area contributed by atoms with Gasteiger partial charge in [0.2, 0.25) is 0 Å². The van der Waals surface area contributed by atoms with Gasteiger partial charge >= 0.3 is 0 Å². The number of fused-ring (bicyclic) bond motifs is 1. The molecule has 2 aromatic heterocycles. The molecule has 0 spiro atoms. The molecule has 0 atom stereocenters. The first-order valence-electron chi connectivity index (χ1n) is 14.6. The molecule has 42 heavy (non-hydrogen) atoms. The quantitative estimate of drug-likeness (QED) is 0.173. The van der Waals surface area contributed by atoms with Crippen molar-refractivity contribution in [3.05, 3.63) is 55.0 Å². The third-order valence-electron chi connectivity index (χ3n) is 7.89. The third kappa shape index (κ3) is 7.67. The van der Waals surface area contributed by atoms with Crippen LogP contribution in [0.4, 0.5) is 11.4 Å². The van der Waals surface area contributed by atoms with E-state index in [0.29, 0.717) is 19.2 Å². The summed E-state index contributed by atoms with van der Waals surface area (Å²) in [6.07, 6.45) is 5.67. The highest BCUT2D eigenvalue weighted by molar-refractivity contribution is 6.74. The van der Waals surface area contributed by atoms with Crippen molar-refractivity contribution in [3.8, 4) is 22.8 Å². The number of anilines is 2. The zero-order chi connectivity index (χ0) is 30.5. The highest BCUT2D eigenvalue weighted by Crippen LogP contribution is 2.37. The fourth-order valence-corrected chi connectivity index (χ4v) is 5.39. The van der Waals surface area contributed by atoms with Crippen molar-refractivity contribution in [2.24, 2.45) is 0 Å². The fraction of sp³-hybridized carbons (Fsp3) is 0.469. The van der Waals surface area contributed by atoms with Crippen molar-refractivity contribution in [3.63, 3.8) is 0 Å². The smallest absolute Gasteiger partial charge is 0.192 e. The zero-order valence-electron chi connectivity index (χ0n) is 26.6. The summed E-state index contributed by atoms with van der Waals surface area (Å²) in [5, 5.41) is 8.27. The van der Waals surface area contributed by atoms with E-state index in [1.807, 2.05) is 47.5 Å². The number of aromatic nitrogens is 4. The normalized spacial score (nSPS) is 12.2. The molecule has 9 nitrogen and oxygen atoms in total. The number of rotatable bonds is 13. The lowest BCUT2D eigenvalue weighted by atomic mass is 10.2. The van der Waals surface area contributed by atoms with Gasteiger partial charge in [0.1, 0.15) is 11.5 Å². The van der Waals surface area contributed by atoms with Gasteiger partial charge in [0, 0.05) is 60.5 Å². The van der Waals surface area contributed by atoms with Crippen LogP contribution >= 0.6 is 0 Å². The van der Waals surface area contributed by atoms with Crippen LogP contribution in [-0.4, -0.2) is 68.0 Å². The molecule has 0 aliphatic carbocycles. The van der Waals surface area contributed by atoms with Crippen molar-refractivity contribution in [2.75, 3.05) is 38.8 Å². The number of ether oxygens (including phenoxy) is 2. The Morgan fingerprint density at radius 1 is 0.952 bits per heavy atom. The summed E-state index contributed by atoms with van der Waals surface area (Å²) in [4.78, 5) is 11.9. The van der Waals surface area contributed by atoms with Gasteiger partial charge in [-0.25, -0.2) is 4.98 Å². The van der Waals surface area contributed by atoms with Gasteiger partial charge in [-0.05, 0) is 36.3 Å². The van der Waals surface area contributed by atoms with E-state index >= 15 is 0 Å². The molecule has 10 heteroatoms. The second kappa shape index (κ2) is 13.2. The predicted molar refractivity (Wildman–Crippen MR) is 174 cm³/mol. The van der Waals surface area contributed by atoms with Gasteiger partial charge in [0.25, 0.3) is 0 Å². The first-order chi connectivity index (χ1) is 19.9. The maximum atomic E-state index is 6.34. The lowest BCUT2D eigenvalue weighted by Crippen LogP contribution is -2.41. The van der Waals surface area contributed by atoms with Crippen LogP contribution in [0, 0.1) is 0 Å². The number of nitrogens with zero attached hydrogens (tertiary/aromatic N) is 5. The highest BCUT2D eigenvalue weighted by atomic mass is 28.4. The van der Waals surface area contributed by atoms with Crippen molar-refractivity contribution in [1.29, 1.82) is 0 Å². The molecular weight excluding hydrogens is 544 g/mol. The number of methoxy groups -OCH3 is 2. The summed E-state index contributed by atoms with van der Waals surface area (Å²) in [6.45, 7) is 18.5. The minimum atomic E-state index is -1.80. The maximum absolute atomic E-state index is 6.34. The average Bonchev–Trinajstić information content (AvgIpc) is 3.42. The first kappa shape index (κ1) is 31.5. The number of hydrogen-bond acceptors (Lipinski definition) is 8. The topological polar surface area (TPSA) is 86.6 Å². The Hall–Kier alpha value is -3.47. The van der Waals surface area contributed by atoms with Crippen LogP contribution in [0.5, 0.6) is 11.5 Å². The Bertz CT molecular complexity index is 1460. The summed E-state index contributed by atoms with van der Waals surface area (Å²) in [5.41, 5.74) is 5.34. The van der Waals surface area contributed by atoms with Crippen LogP contribution in [-0.2, 0) is 11.0 Å². The van der Waals surface area contributed by atoms with Crippen LogP contribution in [0.3, 0.4) is 0 Å². The number of hydrogen-bond donors (Lipinski definition) is 1. The largest absolute Gasteiger partial charge is 0.497 e. The van der Waals surface area contributed by atoms with E-state index in [1.165, 1.54) is 0 Å². The molecule has 0 aliphatic heterocycles. The molecule has 0 aliphatic rings. The Kier molecular flexibility index (Phi) is 9.91. The first-order valence-corrected chi connectivity index (χ1v) is 17.5. The molecule has 0 saturated carbocycles. The molecule has 0 radical (unpaired) electrons. The summed E-state index contributed by atoms with van der Waals surface area (Å²) >= 11 is 0. The Labute approximate surface area is 251 Å². The Morgan fingerprint density at radius 3 is 2.31 bits per heavy atom. The monoisotopic (exact) mass is 590 g/mol. The van der Waals surface area contributed by atoms with Gasteiger partial charge in [-0.1, -0.05) is 34.6 Å². The zero-order valence-corrected chi connectivity index (χ0v) is 27.6. The average molecular weight is 591 g/mol. The molecule has 2 heterocycles. The molecule has 0 amide bonds. The van der Waals surface area contributed by atoms with Gasteiger partial charge in [-0.3, -0.25) is 9.67 Å². The van der Waals surface area contributed by atoms with Gasteiger partial charge in [-0.2, -0.15) is 5.10 Å². The van der Waals surface area contributed by atoms with E-state index in [-0.39, 0.29) is 5.04 Å². The highest BCUT2D eigenvalue weighted by Gasteiger charge is 2.36. The minimum absolute atomic E-state index is 0.182. The standard InChI is InChI=1S/C32H46N6O3Si/c1-23(2)33-12-13-38(26-16-27(39-6)19-28(17-26)40-7)25-10-11-29-30(18-25)36-31(21-34-29)24-20-35-37(22-24)14-15-41-42(8,9)32(3,4)5/h10-11,16-23,33H,12-15H2,1-9H3. The van der Waals surface area contributed by atoms with E-state index in [1.54, 1.807) is 14.2 Å². The Morgan fingerprint density at radius 2 is 1.67 bits per heavy atom. The minimum Gasteiger partial charge on any atom is -0.497 e. The predicted octanol–water partition coefficient (Wildman–Crippen LogP) is 6.67. The molecule has 0 unspecified atom stereocenters. The molecular formula is C32H46N6O3Si. The van der Waals surface area contributed by atoms with Crippen LogP contribution in [0.25, 0.3) is 22.3 Å². The molecule has 4 aromatic rings. The van der Waals surface area contributed by atoms with Crippen molar-refractivity contribution in [1.82, 2.24) is 25.1 Å². The molecule has 2 aromatic carbocycles. The second-order valence-corrected chi connectivity index (χ2v) is 17.2. The summed E-state index contributed by atoms with van der Waals surface area (Å²) in [5.74, 6) is 1.47. The summed E-state index contributed by atoms with van der Waals surface area (Å²) in [7, 11) is 1.54. The van der Waals surface area contributed by atoms with Crippen LogP contribution in [0.15, 0.2) is 55.0 Å². The second-order valence-electron chi connectivity index (χ2n) is 12.4. The molecule has 4 rings (SSSR count). The number of nitrogens with one attached hydrogen (secondary N) is 1. The lowest BCUT2D eigenvalue weighted by molar-refractivity contribution is 0.266. The summed E-state index contributed by atoms with van der Waals surface area (Å²) < 4.78 is 19.4. The van der Waals surface area contributed by atoms with Crippen molar-refractivity contribution < 1.29 is 13.9 Å². The van der Waals surface area contributed by atoms with E-state index < -0.39 is 8.32 Å². The van der Waals surface area contributed by atoms with Gasteiger partial charge in [0.15, 0.2) is 8.32 Å². The molecule has 1 N–H and O–H groups in total. The Balaban J connectivity index is 1.60. The van der Waals surface area contributed by atoms with Gasteiger partial charge < -0.3 is 24.1 Å². The van der Waals surface area contributed by atoms with E-state index in [0.717, 1.165) is 58.3 Å².